The molecule has 1 fully saturated rings. The predicted octanol–water partition coefficient (Wildman–Crippen LogP) is 2.37. The highest BCUT2D eigenvalue weighted by Crippen LogP contribution is 2.32. The molecule has 0 aromatic heterocycles. The van der Waals surface area contributed by atoms with Crippen molar-refractivity contribution in [3.8, 4) is 5.75 Å². The molecule has 1 aliphatic carbocycles. The smallest absolute Gasteiger partial charge is 0.328 e. The first-order valence-corrected chi connectivity index (χ1v) is 11.8. The summed E-state index contributed by atoms with van der Waals surface area (Å²) in [6.45, 7) is 7.24. The summed E-state index contributed by atoms with van der Waals surface area (Å²) in [6, 6.07) is 4.07. The van der Waals surface area contributed by atoms with Crippen LogP contribution in [0.5, 0.6) is 5.75 Å². The van der Waals surface area contributed by atoms with Gasteiger partial charge >= 0.3 is 5.97 Å². The Morgan fingerprint density at radius 1 is 1.11 bits per heavy atom. The minimum absolute atomic E-state index is 0.0118. The van der Waals surface area contributed by atoms with Crippen molar-refractivity contribution in [1.29, 1.82) is 0 Å². The molecule has 0 heterocycles. The number of nitrogens with one attached hydrogen (secondary N) is 2. The first-order valence-electron chi connectivity index (χ1n) is 11.8. The van der Waals surface area contributed by atoms with Crippen LogP contribution >= 0.6 is 0 Å². The van der Waals surface area contributed by atoms with Gasteiger partial charge in [0.15, 0.2) is 0 Å². The van der Waals surface area contributed by atoms with Gasteiger partial charge in [0, 0.05) is 25.2 Å². The maximum Gasteiger partial charge on any atom is 0.328 e. The van der Waals surface area contributed by atoms with Crippen LogP contribution in [0, 0.1) is 22.0 Å². The lowest BCUT2D eigenvalue weighted by molar-refractivity contribution is -0.384. The van der Waals surface area contributed by atoms with Gasteiger partial charge in [0.1, 0.15) is 23.9 Å². The largest absolute Gasteiger partial charge is 0.490 e. The number of methoxy groups -OCH3 is 1. The molecule has 35 heavy (non-hydrogen) atoms. The van der Waals surface area contributed by atoms with Crippen molar-refractivity contribution in [3.05, 3.63) is 34.4 Å². The fourth-order valence-corrected chi connectivity index (χ4v) is 3.66. The Labute approximate surface area is 205 Å². The van der Waals surface area contributed by atoms with E-state index in [-0.39, 0.29) is 42.2 Å². The number of nitro benzene ring substituents is 1. The zero-order chi connectivity index (χ0) is 26.1. The Balaban J connectivity index is 1.83. The summed E-state index contributed by atoms with van der Waals surface area (Å²) in [4.78, 5) is 47.8. The maximum atomic E-state index is 12.7. The van der Waals surface area contributed by atoms with E-state index in [9.17, 15) is 24.5 Å². The molecule has 2 amide bonds. The first kappa shape index (κ1) is 28.0. The fraction of sp³-hybridized carbons (Fsp3) is 0.625. The summed E-state index contributed by atoms with van der Waals surface area (Å²) in [5, 5.41) is 16.1. The molecule has 2 N–H and O–H groups in total. The summed E-state index contributed by atoms with van der Waals surface area (Å²) in [5.41, 5.74) is -0.0247. The van der Waals surface area contributed by atoms with Gasteiger partial charge < -0.3 is 24.8 Å². The summed E-state index contributed by atoms with van der Waals surface area (Å²) in [5.74, 6) is -1.11. The quantitative estimate of drug-likeness (QED) is 0.242. The van der Waals surface area contributed by atoms with Crippen molar-refractivity contribution in [3.63, 3.8) is 0 Å². The monoisotopic (exact) mass is 493 g/mol. The zero-order valence-corrected chi connectivity index (χ0v) is 20.8. The van der Waals surface area contributed by atoms with Crippen LogP contribution in [-0.4, -0.2) is 60.7 Å². The van der Waals surface area contributed by atoms with E-state index in [0.717, 1.165) is 0 Å². The molecule has 0 saturated heterocycles. The predicted molar refractivity (Wildman–Crippen MR) is 127 cm³/mol. The standard InChI is InChI=1S/C24H35N3O8/c1-6-34-24(30)21(11-14(2)16(4)33-5)26-22(28)15(3)25-23(29)17-12-20(13-17)35-19-9-7-18(8-10-19)27(31)32/h7-10,14-17,20-21H,6,11-13H2,1-5H3,(H,25,29)(H,26,28)/t14?,15-,16?,17-,20-,21+/m1/s1. The van der Waals surface area contributed by atoms with Crippen LogP contribution in [0.4, 0.5) is 5.69 Å². The van der Waals surface area contributed by atoms with E-state index in [1.165, 1.54) is 24.3 Å². The van der Waals surface area contributed by atoms with Gasteiger partial charge in [-0.15, -0.1) is 0 Å². The van der Waals surface area contributed by atoms with Crippen LogP contribution < -0.4 is 15.4 Å². The van der Waals surface area contributed by atoms with Crippen LogP contribution in [0.25, 0.3) is 0 Å². The average molecular weight is 494 g/mol. The summed E-state index contributed by atoms with van der Waals surface area (Å²) in [6.07, 6.45) is 0.976. The molecular formula is C24H35N3O8. The Morgan fingerprint density at radius 2 is 1.74 bits per heavy atom. The number of ether oxygens (including phenoxy) is 3. The summed E-state index contributed by atoms with van der Waals surface area (Å²) >= 11 is 0. The topological polar surface area (TPSA) is 146 Å². The van der Waals surface area contributed by atoms with Gasteiger partial charge in [0.05, 0.1) is 17.6 Å². The number of rotatable bonds is 13. The number of nitro groups is 1. The molecule has 0 spiro atoms. The third kappa shape index (κ3) is 8.20. The first-order chi connectivity index (χ1) is 16.5. The van der Waals surface area contributed by atoms with Crippen LogP contribution in [0.3, 0.4) is 0 Å². The van der Waals surface area contributed by atoms with Crippen molar-refractivity contribution in [2.24, 2.45) is 11.8 Å². The van der Waals surface area contributed by atoms with Crippen molar-refractivity contribution in [1.82, 2.24) is 10.6 Å². The molecular weight excluding hydrogens is 458 g/mol. The van der Waals surface area contributed by atoms with E-state index in [1.807, 2.05) is 13.8 Å². The molecule has 4 atom stereocenters. The summed E-state index contributed by atoms with van der Waals surface area (Å²) < 4.78 is 16.1. The van der Waals surface area contributed by atoms with E-state index in [4.69, 9.17) is 14.2 Å². The number of nitrogens with zero attached hydrogens (tertiary/aromatic N) is 1. The second-order valence-electron chi connectivity index (χ2n) is 8.86. The normalized spacial score (nSPS) is 20.4. The van der Waals surface area contributed by atoms with Crippen LogP contribution in [0.2, 0.25) is 0 Å². The number of hydrogen-bond acceptors (Lipinski definition) is 8. The van der Waals surface area contributed by atoms with Gasteiger partial charge in [-0.25, -0.2) is 4.79 Å². The van der Waals surface area contributed by atoms with Crippen LogP contribution in [0.1, 0.15) is 47.0 Å². The Kier molecular flexibility index (Phi) is 10.4. The molecule has 0 radical (unpaired) electrons. The SMILES string of the molecule is CCOC(=O)[C@H](CC(C)C(C)OC)NC(=O)[C@@H](C)NC(=O)[C@H]1C[C@H](Oc2ccc([N+](=O)[O-])cc2)C1. The number of hydrogen-bond donors (Lipinski definition) is 2. The number of benzene rings is 1. The van der Waals surface area contributed by atoms with Gasteiger partial charge in [-0.05, 0) is 58.1 Å². The van der Waals surface area contributed by atoms with E-state index < -0.39 is 28.9 Å². The molecule has 0 aliphatic heterocycles. The van der Waals surface area contributed by atoms with Gasteiger partial charge in [-0.3, -0.25) is 19.7 Å². The molecule has 1 aliphatic rings. The van der Waals surface area contributed by atoms with Gasteiger partial charge in [-0.1, -0.05) is 6.92 Å². The highest BCUT2D eigenvalue weighted by atomic mass is 16.6. The number of esters is 1. The lowest BCUT2D eigenvalue weighted by atomic mass is 9.81. The van der Waals surface area contributed by atoms with Crippen LogP contribution in [0.15, 0.2) is 24.3 Å². The molecule has 2 unspecified atom stereocenters. The van der Waals surface area contributed by atoms with Gasteiger partial charge in [0.2, 0.25) is 11.8 Å². The van der Waals surface area contributed by atoms with Crippen molar-refractivity contribution in [2.75, 3.05) is 13.7 Å². The minimum Gasteiger partial charge on any atom is -0.490 e. The van der Waals surface area contributed by atoms with Gasteiger partial charge in [-0.2, -0.15) is 0 Å². The van der Waals surface area contributed by atoms with E-state index in [2.05, 4.69) is 10.6 Å². The minimum atomic E-state index is -0.849. The molecule has 194 valence electrons. The molecule has 1 saturated carbocycles. The van der Waals surface area contributed by atoms with Crippen molar-refractivity contribution < 1.29 is 33.5 Å². The number of carbonyl (C=O) groups excluding carboxylic acids is 3. The molecule has 0 bridgehead atoms. The number of non-ortho nitro benzene ring substituents is 1. The average Bonchev–Trinajstić information content (AvgIpc) is 2.80. The van der Waals surface area contributed by atoms with Gasteiger partial charge in [0.25, 0.3) is 5.69 Å². The Bertz CT molecular complexity index is 885. The maximum absolute atomic E-state index is 12.7. The molecule has 1 aromatic carbocycles. The lowest BCUT2D eigenvalue weighted by Gasteiger charge is -2.35. The highest BCUT2D eigenvalue weighted by Gasteiger charge is 2.37. The van der Waals surface area contributed by atoms with E-state index in [1.54, 1.807) is 21.0 Å². The highest BCUT2D eigenvalue weighted by molar-refractivity contribution is 5.91. The van der Waals surface area contributed by atoms with Crippen LogP contribution in [-0.2, 0) is 23.9 Å². The third-order valence-electron chi connectivity index (χ3n) is 6.24. The second-order valence-corrected chi connectivity index (χ2v) is 8.86. The molecule has 1 aromatic rings. The van der Waals surface area contributed by atoms with E-state index in [0.29, 0.717) is 25.0 Å². The number of amides is 2. The van der Waals surface area contributed by atoms with Crippen molar-refractivity contribution in [2.45, 2.75) is 71.2 Å². The molecule has 11 heteroatoms. The zero-order valence-electron chi connectivity index (χ0n) is 20.8. The Hall–Kier alpha value is -3.21. The second kappa shape index (κ2) is 13.0. The van der Waals surface area contributed by atoms with Crippen molar-refractivity contribution >= 4 is 23.5 Å². The molecule has 2 rings (SSSR count). The number of carbonyl (C=O) groups is 3. The lowest BCUT2D eigenvalue weighted by Crippen LogP contribution is -2.53. The summed E-state index contributed by atoms with van der Waals surface area (Å²) in [7, 11) is 1.58. The molecule has 11 nitrogen and oxygen atoms in total. The fourth-order valence-electron chi connectivity index (χ4n) is 3.66. The third-order valence-corrected chi connectivity index (χ3v) is 6.24. The Morgan fingerprint density at radius 3 is 2.29 bits per heavy atom. The van der Waals surface area contributed by atoms with E-state index >= 15 is 0 Å².